The Kier molecular flexibility index (Phi) is 7.14. The number of benzene rings is 2. The summed E-state index contributed by atoms with van der Waals surface area (Å²) in [5.74, 6) is 1.56. The maximum atomic E-state index is 12.8. The number of Topliss-reactive ketones (excluding diaryl/α,β-unsaturated/α-hetero) is 1. The van der Waals surface area contributed by atoms with Gasteiger partial charge >= 0.3 is 0 Å². The molecule has 0 amide bonds. The number of carbonyl (C=O) groups excluding carboxylic acids is 1. The average Bonchev–Trinajstić information content (AvgIpc) is 3.38. The summed E-state index contributed by atoms with van der Waals surface area (Å²) in [5, 5.41) is 0. The van der Waals surface area contributed by atoms with Crippen LogP contribution in [0.5, 0.6) is 0 Å². The highest BCUT2D eigenvalue weighted by Gasteiger charge is 2.32. The van der Waals surface area contributed by atoms with E-state index >= 15 is 0 Å². The van der Waals surface area contributed by atoms with Gasteiger partial charge in [-0.2, -0.15) is 0 Å². The van der Waals surface area contributed by atoms with Gasteiger partial charge in [-0.05, 0) is 42.1 Å². The summed E-state index contributed by atoms with van der Waals surface area (Å²) in [6, 6.07) is 14.7. The molecule has 1 aliphatic carbocycles. The van der Waals surface area contributed by atoms with Crippen LogP contribution < -0.4 is 0 Å². The van der Waals surface area contributed by atoms with Gasteiger partial charge in [0.2, 0.25) is 0 Å². The summed E-state index contributed by atoms with van der Waals surface area (Å²) in [6.07, 6.45) is 1.65. The minimum absolute atomic E-state index is 0.163. The zero-order chi connectivity index (χ0) is 23.5. The first-order valence-electron chi connectivity index (χ1n) is 12.7. The summed E-state index contributed by atoms with van der Waals surface area (Å²) in [7, 11) is 0. The summed E-state index contributed by atoms with van der Waals surface area (Å²) in [4.78, 5) is 17.9. The molecule has 5 nitrogen and oxygen atoms in total. The lowest BCUT2D eigenvalue weighted by Gasteiger charge is -2.29. The number of fused-ring (bicyclic) bond motifs is 2. The van der Waals surface area contributed by atoms with E-state index in [1.54, 1.807) is 0 Å². The second-order valence-electron chi connectivity index (χ2n) is 10.2. The fourth-order valence-electron chi connectivity index (χ4n) is 5.45. The highest BCUT2D eigenvalue weighted by atomic mass is 16.5. The molecule has 2 heterocycles. The minimum atomic E-state index is 0.163. The van der Waals surface area contributed by atoms with Gasteiger partial charge in [0, 0.05) is 43.7 Å². The van der Waals surface area contributed by atoms with Crippen LogP contribution in [0.2, 0.25) is 0 Å². The van der Waals surface area contributed by atoms with Crippen molar-refractivity contribution in [1.29, 1.82) is 0 Å². The van der Waals surface area contributed by atoms with Gasteiger partial charge in [-0.3, -0.25) is 14.6 Å². The normalized spacial score (nSPS) is 20.2. The van der Waals surface area contributed by atoms with Crippen LogP contribution in [0, 0.1) is 5.92 Å². The standard InChI is InChI=1S/C29H36N2O3/c1-21(2)18-31(11-5-10-30-12-14-33-15-13-30)19-22-8-9-26-24(16-22)20-34-29(26)28-25-7-4-3-6-23(25)17-27(28)32/h3-4,6-9,16,21H,5,10-15,17-20H2,1-2H3/b29-28+. The zero-order valence-electron chi connectivity index (χ0n) is 20.5. The van der Waals surface area contributed by atoms with E-state index in [2.05, 4.69) is 41.8 Å². The van der Waals surface area contributed by atoms with E-state index in [4.69, 9.17) is 9.47 Å². The van der Waals surface area contributed by atoms with Crippen molar-refractivity contribution in [2.45, 2.75) is 39.8 Å². The van der Waals surface area contributed by atoms with E-state index in [1.165, 1.54) is 17.5 Å². The molecule has 0 atom stereocenters. The summed E-state index contributed by atoms with van der Waals surface area (Å²) >= 11 is 0. The van der Waals surface area contributed by atoms with Crippen LogP contribution in [0.25, 0.3) is 11.3 Å². The number of ketones is 1. The molecular weight excluding hydrogens is 424 g/mol. The largest absolute Gasteiger partial charge is 0.487 e. The lowest BCUT2D eigenvalue weighted by molar-refractivity contribution is -0.112. The summed E-state index contributed by atoms with van der Waals surface area (Å²) < 4.78 is 11.6. The Balaban J connectivity index is 1.29. The van der Waals surface area contributed by atoms with E-state index in [0.29, 0.717) is 18.9 Å². The van der Waals surface area contributed by atoms with Crippen molar-refractivity contribution >= 4 is 17.1 Å². The maximum Gasteiger partial charge on any atom is 0.171 e. The van der Waals surface area contributed by atoms with Crippen LogP contribution in [0.4, 0.5) is 0 Å². The Morgan fingerprint density at radius 3 is 2.68 bits per heavy atom. The van der Waals surface area contributed by atoms with Gasteiger partial charge in [-0.25, -0.2) is 0 Å². The molecule has 1 saturated heterocycles. The molecular formula is C29H36N2O3. The summed E-state index contributed by atoms with van der Waals surface area (Å²) in [6.45, 7) is 13.2. The molecule has 0 saturated carbocycles. The molecule has 0 N–H and O–H groups in total. The first-order chi connectivity index (χ1) is 16.6. The van der Waals surface area contributed by atoms with Gasteiger partial charge in [0.15, 0.2) is 5.78 Å². The van der Waals surface area contributed by atoms with Crippen LogP contribution >= 0.6 is 0 Å². The molecule has 34 heavy (non-hydrogen) atoms. The molecule has 1 fully saturated rings. The predicted octanol–water partition coefficient (Wildman–Crippen LogP) is 4.39. The molecule has 5 rings (SSSR count). The van der Waals surface area contributed by atoms with Gasteiger partial charge in [-0.1, -0.05) is 56.3 Å². The van der Waals surface area contributed by atoms with Crippen molar-refractivity contribution in [2.24, 2.45) is 5.92 Å². The van der Waals surface area contributed by atoms with Crippen LogP contribution in [-0.2, 0) is 33.8 Å². The first-order valence-corrected chi connectivity index (χ1v) is 12.7. The number of nitrogens with zero attached hydrogens (tertiary/aromatic N) is 2. The van der Waals surface area contributed by atoms with Gasteiger partial charge in [0.05, 0.1) is 18.8 Å². The topological polar surface area (TPSA) is 42.0 Å². The molecule has 0 radical (unpaired) electrons. The minimum Gasteiger partial charge on any atom is -0.487 e. The highest BCUT2D eigenvalue weighted by molar-refractivity contribution is 6.31. The van der Waals surface area contributed by atoms with Crippen LogP contribution in [0.15, 0.2) is 42.5 Å². The first kappa shape index (κ1) is 23.3. The lowest BCUT2D eigenvalue weighted by Crippen LogP contribution is -2.38. The van der Waals surface area contributed by atoms with Crippen LogP contribution in [-0.4, -0.2) is 61.5 Å². The van der Waals surface area contributed by atoms with Crippen LogP contribution in [0.1, 0.15) is 48.1 Å². The second-order valence-corrected chi connectivity index (χ2v) is 10.2. The van der Waals surface area contributed by atoms with Crippen molar-refractivity contribution in [3.63, 3.8) is 0 Å². The Bertz CT molecular complexity index is 1070. The highest BCUT2D eigenvalue weighted by Crippen LogP contribution is 2.41. The third-order valence-electron chi connectivity index (χ3n) is 7.01. The number of hydrogen-bond acceptors (Lipinski definition) is 5. The van der Waals surface area contributed by atoms with Crippen molar-refractivity contribution < 1.29 is 14.3 Å². The fourth-order valence-corrected chi connectivity index (χ4v) is 5.45. The van der Waals surface area contributed by atoms with Crippen molar-refractivity contribution in [2.75, 3.05) is 45.9 Å². The molecule has 5 heteroatoms. The van der Waals surface area contributed by atoms with Crippen molar-refractivity contribution in [3.8, 4) is 0 Å². The molecule has 2 aromatic carbocycles. The van der Waals surface area contributed by atoms with E-state index in [-0.39, 0.29) is 5.78 Å². The molecule has 3 aliphatic rings. The maximum absolute atomic E-state index is 12.8. The molecule has 0 spiro atoms. The average molecular weight is 461 g/mol. The monoisotopic (exact) mass is 460 g/mol. The third-order valence-corrected chi connectivity index (χ3v) is 7.01. The number of carbonyl (C=O) groups is 1. The van der Waals surface area contributed by atoms with E-state index in [0.717, 1.165) is 80.5 Å². The fraction of sp³-hybridized carbons (Fsp3) is 0.483. The van der Waals surface area contributed by atoms with E-state index < -0.39 is 0 Å². The Labute approximate surface area is 203 Å². The number of hydrogen-bond donors (Lipinski definition) is 0. The molecule has 2 aliphatic heterocycles. The molecule has 0 unspecified atom stereocenters. The van der Waals surface area contributed by atoms with E-state index in [9.17, 15) is 4.79 Å². The molecule has 0 aromatic heterocycles. The number of morpholine rings is 1. The predicted molar refractivity (Wildman–Crippen MR) is 135 cm³/mol. The van der Waals surface area contributed by atoms with Crippen molar-refractivity contribution in [1.82, 2.24) is 9.80 Å². The Morgan fingerprint density at radius 1 is 1.03 bits per heavy atom. The van der Waals surface area contributed by atoms with Gasteiger partial charge in [-0.15, -0.1) is 0 Å². The SMILES string of the molecule is CC(C)CN(CCCN1CCOCC1)Cc1ccc2c(c1)CO/C2=C1/C(=O)Cc2ccccc21. The quantitative estimate of drug-likeness (QED) is 0.547. The number of ether oxygens (including phenoxy) is 2. The van der Waals surface area contributed by atoms with Gasteiger partial charge in [0.25, 0.3) is 0 Å². The summed E-state index contributed by atoms with van der Waals surface area (Å²) in [5.41, 5.74) is 6.47. The smallest absolute Gasteiger partial charge is 0.171 e. The van der Waals surface area contributed by atoms with Gasteiger partial charge < -0.3 is 9.47 Å². The lowest BCUT2D eigenvalue weighted by atomic mass is 9.99. The molecule has 2 aromatic rings. The Morgan fingerprint density at radius 2 is 1.85 bits per heavy atom. The molecule has 180 valence electrons. The van der Waals surface area contributed by atoms with E-state index in [1.807, 2.05) is 24.3 Å². The van der Waals surface area contributed by atoms with Gasteiger partial charge in [0.1, 0.15) is 12.4 Å². The van der Waals surface area contributed by atoms with Crippen LogP contribution in [0.3, 0.4) is 0 Å². The zero-order valence-corrected chi connectivity index (χ0v) is 20.5. The number of allylic oxidation sites excluding steroid dienone is 1. The molecule has 0 bridgehead atoms. The third kappa shape index (κ3) is 5.12. The second kappa shape index (κ2) is 10.4. The Hall–Kier alpha value is -2.47. The van der Waals surface area contributed by atoms with Crippen molar-refractivity contribution in [3.05, 3.63) is 70.3 Å². The number of rotatable bonds is 8.